The molecule has 1 N–H and O–H groups in total. The fraction of sp³-hybridized carbons (Fsp3) is 0. The lowest BCUT2D eigenvalue weighted by atomic mass is 10.1. The molecule has 1 heterocycles. The number of rotatable bonds is 3. The third kappa shape index (κ3) is 2.34. The van der Waals surface area contributed by atoms with Gasteiger partial charge in [0.05, 0.1) is 10.6 Å². The average Bonchev–Trinajstić information content (AvgIpc) is 2.97. The Kier molecular flexibility index (Phi) is 3.12. The predicted octanol–water partition coefficient (Wildman–Crippen LogP) is 3.15. The summed E-state index contributed by atoms with van der Waals surface area (Å²) in [6.07, 6.45) is 1.63. The van der Waals surface area contributed by atoms with Gasteiger partial charge in [0.1, 0.15) is 11.4 Å². The first kappa shape index (κ1) is 12.9. The number of phenols is 1. The molecule has 0 fully saturated rings. The fourth-order valence-electron chi connectivity index (χ4n) is 2.10. The SMILES string of the molecule is O=[N+]([O-])c1ccccc1-n1ccc(-c2ccccc2O)n1. The van der Waals surface area contributed by atoms with Gasteiger partial charge in [-0.2, -0.15) is 5.10 Å². The molecule has 0 radical (unpaired) electrons. The van der Waals surface area contributed by atoms with Crippen molar-refractivity contribution in [2.75, 3.05) is 0 Å². The molecule has 3 aromatic rings. The predicted molar refractivity (Wildman–Crippen MR) is 77.3 cm³/mol. The van der Waals surface area contributed by atoms with Crippen molar-refractivity contribution >= 4 is 5.69 Å². The van der Waals surface area contributed by atoms with Crippen LogP contribution in [0.4, 0.5) is 5.69 Å². The van der Waals surface area contributed by atoms with Gasteiger partial charge >= 0.3 is 0 Å². The van der Waals surface area contributed by atoms with Gasteiger partial charge in [-0.15, -0.1) is 0 Å². The highest BCUT2D eigenvalue weighted by atomic mass is 16.6. The maximum atomic E-state index is 11.1. The minimum atomic E-state index is -0.448. The first-order valence-corrected chi connectivity index (χ1v) is 6.24. The summed E-state index contributed by atoms with van der Waals surface area (Å²) < 4.78 is 1.43. The molecule has 0 atom stereocenters. The van der Waals surface area contributed by atoms with Crippen LogP contribution in [0.15, 0.2) is 60.8 Å². The molecule has 0 saturated carbocycles. The van der Waals surface area contributed by atoms with Crippen molar-refractivity contribution in [3.8, 4) is 22.7 Å². The van der Waals surface area contributed by atoms with E-state index >= 15 is 0 Å². The topological polar surface area (TPSA) is 81.2 Å². The highest BCUT2D eigenvalue weighted by Crippen LogP contribution is 2.28. The molecule has 0 aliphatic rings. The molecule has 0 spiro atoms. The van der Waals surface area contributed by atoms with Crippen LogP contribution in [-0.4, -0.2) is 19.8 Å². The molecule has 0 unspecified atom stereocenters. The average molecular weight is 281 g/mol. The molecule has 2 aromatic carbocycles. The highest BCUT2D eigenvalue weighted by Gasteiger charge is 2.15. The Balaban J connectivity index is 2.08. The summed E-state index contributed by atoms with van der Waals surface area (Å²) in [5, 5.41) is 25.2. The number of benzene rings is 2. The van der Waals surface area contributed by atoms with E-state index in [4.69, 9.17) is 0 Å². The summed E-state index contributed by atoms with van der Waals surface area (Å²) in [7, 11) is 0. The van der Waals surface area contributed by atoms with Gasteiger partial charge in [0, 0.05) is 17.8 Å². The van der Waals surface area contributed by atoms with E-state index in [0.29, 0.717) is 16.9 Å². The molecular formula is C15H11N3O3. The summed E-state index contributed by atoms with van der Waals surface area (Å²) in [5.41, 5.74) is 1.48. The Labute approximate surface area is 120 Å². The van der Waals surface area contributed by atoms with Crippen LogP contribution in [0.25, 0.3) is 16.9 Å². The lowest BCUT2D eigenvalue weighted by Crippen LogP contribution is -2.00. The lowest BCUT2D eigenvalue weighted by Gasteiger charge is -2.03. The number of phenolic OH excluding ortho intramolecular Hbond substituents is 1. The standard InChI is InChI=1S/C15H11N3O3/c19-15-8-4-1-5-11(15)12-9-10-17(16-12)13-6-2-3-7-14(13)18(20)21/h1-10,19H. The zero-order valence-electron chi connectivity index (χ0n) is 10.9. The molecule has 0 aliphatic heterocycles. The van der Waals surface area contributed by atoms with Crippen molar-refractivity contribution in [1.82, 2.24) is 9.78 Å². The van der Waals surface area contributed by atoms with Crippen LogP contribution in [0.2, 0.25) is 0 Å². The second-order valence-corrected chi connectivity index (χ2v) is 4.41. The van der Waals surface area contributed by atoms with E-state index in [0.717, 1.165) is 0 Å². The van der Waals surface area contributed by atoms with E-state index in [1.54, 1.807) is 54.7 Å². The van der Waals surface area contributed by atoms with E-state index in [9.17, 15) is 15.2 Å². The van der Waals surface area contributed by atoms with Gasteiger partial charge in [-0.1, -0.05) is 24.3 Å². The van der Waals surface area contributed by atoms with E-state index in [1.165, 1.54) is 10.7 Å². The Morgan fingerprint density at radius 3 is 2.52 bits per heavy atom. The van der Waals surface area contributed by atoms with Crippen molar-refractivity contribution in [3.05, 3.63) is 70.9 Å². The summed E-state index contributed by atoms with van der Waals surface area (Å²) in [6.45, 7) is 0. The molecule has 0 amide bonds. The van der Waals surface area contributed by atoms with E-state index in [2.05, 4.69) is 5.10 Å². The van der Waals surface area contributed by atoms with Crippen LogP contribution >= 0.6 is 0 Å². The first-order valence-electron chi connectivity index (χ1n) is 6.24. The zero-order valence-corrected chi connectivity index (χ0v) is 10.9. The van der Waals surface area contributed by atoms with Gasteiger partial charge in [-0.05, 0) is 24.3 Å². The molecule has 6 nitrogen and oxygen atoms in total. The number of nitrogens with zero attached hydrogens (tertiary/aromatic N) is 3. The van der Waals surface area contributed by atoms with Gasteiger partial charge in [-0.25, -0.2) is 4.68 Å². The van der Waals surface area contributed by atoms with Crippen LogP contribution in [0.1, 0.15) is 0 Å². The molecule has 0 aliphatic carbocycles. The van der Waals surface area contributed by atoms with Crippen LogP contribution in [-0.2, 0) is 0 Å². The Hall–Kier alpha value is -3.15. The summed E-state index contributed by atoms with van der Waals surface area (Å²) in [4.78, 5) is 10.6. The number of hydrogen-bond acceptors (Lipinski definition) is 4. The number of nitro groups is 1. The van der Waals surface area contributed by atoms with Gasteiger partial charge in [0.2, 0.25) is 0 Å². The molecule has 3 rings (SSSR count). The molecule has 6 heteroatoms. The van der Waals surface area contributed by atoms with E-state index in [1.807, 2.05) is 0 Å². The van der Waals surface area contributed by atoms with Gasteiger partial charge in [-0.3, -0.25) is 10.1 Å². The maximum Gasteiger partial charge on any atom is 0.294 e. The van der Waals surface area contributed by atoms with Crippen molar-refractivity contribution in [1.29, 1.82) is 0 Å². The minimum Gasteiger partial charge on any atom is -0.507 e. The maximum absolute atomic E-state index is 11.1. The van der Waals surface area contributed by atoms with Crippen molar-refractivity contribution in [2.24, 2.45) is 0 Å². The minimum absolute atomic E-state index is 0.0237. The smallest absolute Gasteiger partial charge is 0.294 e. The monoisotopic (exact) mass is 281 g/mol. The third-order valence-electron chi connectivity index (χ3n) is 3.09. The fourth-order valence-corrected chi connectivity index (χ4v) is 2.10. The van der Waals surface area contributed by atoms with E-state index in [-0.39, 0.29) is 11.4 Å². The molecule has 21 heavy (non-hydrogen) atoms. The van der Waals surface area contributed by atoms with Crippen LogP contribution in [0.5, 0.6) is 5.75 Å². The number of aromatic nitrogens is 2. The second kappa shape index (κ2) is 5.09. The van der Waals surface area contributed by atoms with Crippen LogP contribution in [0, 0.1) is 10.1 Å². The van der Waals surface area contributed by atoms with Crippen molar-refractivity contribution < 1.29 is 10.0 Å². The van der Waals surface area contributed by atoms with Crippen molar-refractivity contribution in [2.45, 2.75) is 0 Å². The number of nitro benzene ring substituents is 1. The van der Waals surface area contributed by atoms with Gasteiger partial charge in [0.25, 0.3) is 5.69 Å². The number of aromatic hydroxyl groups is 1. The second-order valence-electron chi connectivity index (χ2n) is 4.41. The first-order chi connectivity index (χ1) is 10.2. The van der Waals surface area contributed by atoms with Crippen LogP contribution in [0.3, 0.4) is 0 Å². The summed E-state index contributed by atoms with van der Waals surface area (Å²) >= 11 is 0. The molecule has 1 aromatic heterocycles. The Morgan fingerprint density at radius 2 is 1.76 bits per heavy atom. The summed E-state index contributed by atoms with van der Waals surface area (Å²) in [6, 6.07) is 14.9. The Bertz CT molecular complexity index is 811. The molecule has 0 saturated heterocycles. The number of para-hydroxylation sites is 3. The number of hydrogen-bond donors (Lipinski definition) is 1. The molecule has 104 valence electrons. The molecule has 0 bridgehead atoms. The zero-order chi connectivity index (χ0) is 14.8. The van der Waals surface area contributed by atoms with Gasteiger partial charge in [0.15, 0.2) is 0 Å². The molecular weight excluding hydrogens is 270 g/mol. The normalized spacial score (nSPS) is 10.5. The van der Waals surface area contributed by atoms with Crippen LogP contribution < -0.4 is 0 Å². The quantitative estimate of drug-likeness (QED) is 0.590. The highest BCUT2D eigenvalue weighted by molar-refractivity contribution is 5.66. The van der Waals surface area contributed by atoms with Gasteiger partial charge < -0.3 is 5.11 Å². The Morgan fingerprint density at radius 1 is 1.05 bits per heavy atom. The lowest BCUT2D eigenvalue weighted by molar-refractivity contribution is -0.384. The third-order valence-corrected chi connectivity index (χ3v) is 3.09. The summed E-state index contributed by atoms with van der Waals surface area (Å²) in [5.74, 6) is 0.116. The van der Waals surface area contributed by atoms with E-state index < -0.39 is 4.92 Å². The largest absolute Gasteiger partial charge is 0.507 e. The van der Waals surface area contributed by atoms with Crippen molar-refractivity contribution in [3.63, 3.8) is 0 Å².